The van der Waals surface area contributed by atoms with Crippen LogP contribution in [0.1, 0.15) is 67.3 Å². The third kappa shape index (κ3) is 3.23. The minimum atomic E-state index is -0.327. The first kappa shape index (κ1) is 17.5. The van der Waals surface area contributed by atoms with Crippen LogP contribution in [0, 0.1) is 17.3 Å². The highest BCUT2D eigenvalue weighted by molar-refractivity contribution is 7.17. The Labute approximate surface area is 148 Å². The van der Waals surface area contributed by atoms with Gasteiger partial charge in [-0.2, -0.15) is 0 Å². The van der Waals surface area contributed by atoms with Gasteiger partial charge in [0.15, 0.2) is 0 Å². The fourth-order valence-electron chi connectivity index (χ4n) is 3.51. The third-order valence-corrected chi connectivity index (χ3v) is 7.03. The average molecular weight is 349 g/mol. The second kappa shape index (κ2) is 6.51. The number of anilines is 1. The number of methoxy groups -OCH3 is 1. The molecule has 132 valence electrons. The summed E-state index contributed by atoms with van der Waals surface area (Å²) < 4.78 is 4.99. The van der Waals surface area contributed by atoms with Crippen molar-refractivity contribution in [3.05, 3.63) is 16.0 Å². The van der Waals surface area contributed by atoms with Crippen LogP contribution < -0.4 is 5.32 Å². The first-order valence-electron chi connectivity index (χ1n) is 8.91. The Bertz CT molecular complexity index is 658. The average Bonchev–Trinajstić information content (AvgIpc) is 3.35. The van der Waals surface area contributed by atoms with Crippen LogP contribution in [-0.2, 0) is 22.4 Å². The lowest BCUT2D eigenvalue weighted by Gasteiger charge is -2.36. The topological polar surface area (TPSA) is 55.4 Å². The van der Waals surface area contributed by atoms with Gasteiger partial charge in [-0.1, -0.05) is 27.2 Å². The summed E-state index contributed by atoms with van der Waals surface area (Å²) in [5, 5.41) is 3.68. The van der Waals surface area contributed by atoms with Crippen molar-refractivity contribution in [1.29, 1.82) is 0 Å². The summed E-state index contributed by atoms with van der Waals surface area (Å²) in [5.41, 5.74) is 1.99. The van der Waals surface area contributed by atoms with E-state index in [1.165, 1.54) is 12.0 Å². The van der Waals surface area contributed by atoms with Crippen molar-refractivity contribution in [3.63, 3.8) is 0 Å². The van der Waals surface area contributed by atoms with E-state index >= 15 is 0 Å². The van der Waals surface area contributed by atoms with Crippen molar-refractivity contribution in [2.75, 3.05) is 12.4 Å². The molecule has 2 aliphatic carbocycles. The Balaban J connectivity index is 1.91. The quantitative estimate of drug-likeness (QED) is 0.800. The van der Waals surface area contributed by atoms with Crippen LogP contribution in [0.5, 0.6) is 0 Å². The molecule has 1 aromatic heterocycles. The molecule has 1 amide bonds. The standard InChI is InChI=1S/C19H27NO3S/c1-5-19(2,3)12-8-9-13-14(10-12)24-17(15(13)18(22)23-4)20-16(21)11-6-7-11/h11-12H,5-10H2,1-4H3,(H,20,21)/t12-/m1/s1. The predicted molar refractivity (Wildman–Crippen MR) is 96.6 cm³/mol. The van der Waals surface area contributed by atoms with Crippen LogP contribution in [0.4, 0.5) is 5.00 Å². The Morgan fingerprint density at radius 3 is 2.58 bits per heavy atom. The highest BCUT2D eigenvalue weighted by atomic mass is 32.1. The van der Waals surface area contributed by atoms with E-state index in [9.17, 15) is 9.59 Å². The van der Waals surface area contributed by atoms with Crippen LogP contribution >= 0.6 is 11.3 Å². The summed E-state index contributed by atoms with van der Waals surface area (Å²) in [7, 11) is 1.41. The molecule has 2 aliphatic rings. The zero-order chi connectivity index (χ0) is 17.5. The van der Waals surface area contributed by atoms with Crippen molar-refractivity contribution in [1.82, 2.24) is 0 Å². The number of nitrogens with one attached hydrogen (secondary N) is 1. The molecule has 3 rings (SSSR count). The molecule has 1 aromatic rings. The number of carbonyl (C=O) groups is 2. The fourth-order valence-corrected chi connectivity index (χ4v) is 4.83. The molecule has 0 saturated heterocycles. The van der Waals surface area contributed by atoms with E-state index in [2.05, 4.69) is 26.1 Å². The fraction of sp³-hybridized carbons (Fsp3) is 0.684. The number of ether oxygens (including phenoxy) is 1. The molecule has 0 unspecified atom stereocenters. The summed E-state index contributed by atoms with van der Waals surface area (Å²) in [5.74, 6) is 0.462. The monoisotopic (exact) mass is 349 g/mol. The van der Waals surface area contributed by atoms with Crippen molar-refractivity contribution >= 4 is 28.2 Å². The van der Waals surface area contributed by atoms with Gasteiger partial charge in [0.25, 0.3) is 0 Å². The molecule has 0 spiro atoms. The molecular weight excluding hydrogens is 322 g/mol. The summed E-state index contributed by atoms with van der Waals surface area (Å²) in [6.07, 6.45) is 6.03. The highest BCUT2D eigenvalue weighted by Crippen LogP contribution is 2.46. The van der Waals surface area contributed by atoms with Crippen LogP contribution in [0.2, 0.25) is 0 Å². The van der Waals surface area contributed by atoms with E-state index in [1.54, 1.807) is 11.3 Å². The number of hydrogen-bond donors (Lipinski definition) is 1. The van der Waals surface area contributed by atoms with Gasteiger partial charge in [0.05, 0.1) is 12.7 Å². The Hall–Kier alpha value is -1.36. The van der Waals surface area contributed by atoms with E-state index in [4.69, 9.17) is 4.74 Å². The maximum atomic E-state index is 12.3. The molecule has 1 heterocycles. The summed E-state index contributed by atoms with van der Waals surface area (Å²) >= 11 is 1.58. The molecular formula is C19H27NO3S. The number of esters is 1. The molecule has 0 aliphatic heterocycles. The molecule has 24 heavy (non-hydrogen) atoms. The Morgan fingerprint density at radius 2 is 2.00 bits per heavy atom. The summed E-state index contributed by atoms with van der Waals surface area (Å²) in [4.78, 5) is 25.7. The lowest BCUT2D eigenvalue weighted by atomic mass is 9.69. The third-order valence-electron chi connectivity index (χ3n) is 5.86. The normalized spacial score (nSPS) is 20.4. The highest BCUT2D eigenvalue weighted by Gasteiger charge is 2.37. The Morgan fingerprint density at radius 1 is 1.29 bits per heavy atom. The lowest BCUT2D eigenvalue weighted by Crippen LogP contribution is -2.28. The number of thiophene rings is 1. The van der Waals surface area contributed by atoms with Gasteiger partial charge < -0.3 is 10.1 Å². The molecule has 4 nitrogen and oxygen atoms in total. The smallest absolute Gasteiger partial charge is 0.341 e. The number of rotatable bonds is 5. The number of carbonyl (C=O) groups excluding carboxylic acids is 2. The number of amides is 1. The van der Waals surface area contributed by atoms with Gasteiger partial charge in [-0.15, -0.1) is 11.3 Å². The van der Waals surface area contributed by atoms with Gasteiger partial charge in [0.2, 0.25) is 5.91 Å². The van der Waals surface area contributed by atoms with Crippen molar-refractivity contribution in [2.24, 2.45) is 17.3 Å². The maximum Gasteiger partial charge on any atom is 0.341 e. The van der Waals surface area contributed by atoms with Gasteiger partial charge in [0.1, 0.15) is 5.00 Å². The van der Waals surface area contributed by atoms with Crippen molar-refractivity contribution in [2.45, 2.75) is 59.3 Å². The van der Waals surface area contributed by atoms with Crippen LogP contribution in [0.3, 0.4) is 0 Å². The minimum absolute atomic E-state index is 0.0455. The van der Waals surface area contributed by atoms with Crippen LogP contribution in [0.25, 0.3) is 0 Å². The molecule has 0 aromatic carbocycles. The first-order valence-corrected chi connectivity index (χ1v) is 9.72. The zero-order valence-corrected chi connectivity index (χ0v) is 15.8. The summed E-state index contributed by atoms with van der Waals surface area (Å²) in [6, 6.07) is 0. The molecule has 0 bridgehead atoms. The lowest BCUT2D eigenvalue weighted by molar-refractivity contribution is -0.117. The van der Waals surface area contributed by atoms with E-state index in [-0.39, 0.29) is 17.8 Å². The van der Waals surface area contributed by atoms with Gasteiger partial charge in [-0.3, -0.25) is 4.79 Å². The van der Waals surface area contributed by atoms with E-state index in [0.717, 1.165) is 44.1 Å². The van der Waals surface area contributed by atoms with E-state index in [1.807, 2.05) is 0 Å². The minimum Gasteiger partial charge on any atom is -0.465 e. The molecule has 1 fully saturated rings. The van der Waals surface area contributed by atoms with Gasteiger partial charge in [0, 0.05) is 10.8 Å². The Kier molecular flexibility index (Phi) is 4.73. The predicted octanol–water partition coefficient (Wildman–Crippen LogP) is 4.42. The van der Waals surface area contributed by atoms with Gasteiger partial charge >= 0.3 is 5.97 Å². The van der Waals surface area contributed by atoms with Crippen LogP contribution in [0.15, 0.2) is 0 Å². The molecule has 1 atom stereocenters. The van der Waals surface area contributed by atoms with E-state index in [0.29, 0.717) is 21.9 Å². The maximum absolute atomic E-state index is 12.3. The number of fused-ring (bicyclic) bond motifs is 1. The van der Waals surface area contributed by atoms with Gasteiger partial charge in [-0.05, 0) is 49.0 Å². The largest absolute Gasteiger partial charge is 0.465 e. The second-order valence-electron chi connectivity index (χ2n) is 7.74. The van der Waals surface area contributed by atoms with Crippen molar-refractivity contribution in [3.8, 4) is 0 Å². The second-order valence-corrected chi connectivity index (χ2v) is 8.85. The number of hydrogen-bond acceptors (Lipinski definition) is 4. The van der Waals surface area contributed by atoms with E-state index < -0.39 is 0 Å². The molecule has 1 saturated carbocycles. The molecule has 5 heteroatoms. The van der Waals surface area contributed by atoms with Gasteiger partial charge in [-0.25, -0.2) is 4.79 Å². The molecule has 0 radical (unpaired) electrons. The molecule has 1 N–H and O–H groups in total. The van der Waals surface area contributed by atoms with Crippen LogP contribution in [-0.4, -0.2) is 19.0 Å². The first-order chi connectivity index (χ1) is 11.4. The van der Waals surface area contributed by atoms with Crippen molar-refractivity contribution < 1.29 is 14.3 Å². The zero-order valence-electron chi connectivity index (χ0n) is 15.0. The SMILES string of the molecule is CCC(C)(C)[C@@H]1CCc2c(sc(NC(=O)C3CC3)c2C(=O)OC)C1. The summed E-state index contributed by atoms with van der Waals surface area (Å²) in [6.45, 7) is 6.89.